The topological polar surface area (TPSA) is 144 Å². The number of nitrogens with one attached hydrogen (secondary N) is 2. The number of amides is 3. The van der Waals surface area contributed by atoms with Crippen LogP contribution in [0, 0.1) is 41.5 Å². The number of aromatic nitrogens is 4. The summed E-state index contributed by atoms with van der Waals surface area (Å²) in [6.45, 7) is 14.5. The summed E-state index contributed by atoms with van der Waals surface area (Å²) in [5.41, 5.74) is 6.73. The van der Waals surface area contributed by atoms with Crippen molar-refractivity contribution < 1.29 is 23.8 Å². The molecule has 0 unspecified atom stereocenters. The van der Waals surface area contributed by atoms with E-state index in [0.29, 0.717) is 36.2 Å². The Morgan fingerprint density at radius 3 is 1.66 bits per heavy atom. The Morgan fingerprint density at radius 1 is 0.660 bits per heavy atom. The van der Waals surface area contributed by atoms with Gasteiger partial charge in [-0.15, -0.1) is 0 Å². The van der Waals surface area contributed by atoms with Gasteiger partial charge in [-0.3, -0.25) is 10.6 Å². The number of urea groups is 1. The molecule has 3 amide bonds. The highest BCUT2D eigenvalue weighted by Gasteiger charge is 2.23. The van der Waals surface area contributed by atoms with Gasteiger partial charge in [0.15, 0.2) is 11.6 Å². The third kappa shape index (κ3) is 9.28. The van der Waals surface area contributed by atoms with E-state index in [0.717, 1.165) is 30.2 Å². The van der Waals surface area contributed by atoms with Crippen molar-refractivity contribution in [1.29, 1.82) is 0 Å². The van der Waals surface area contributed by atoms with E-state index in [-0.39, 0.29) is 17.7 Å². The summed E-state index contributed by atoms with van der Waals surface area (Å²) in [6.07, 6.45) is -0.646. The monoisotopic (exact) mass is 642 g/mol. The second kappa shape index (κ2) is 15.7. The Hall–Kier alpha value is -5.46. The summed E-state index contributed by atoms with van der Waals surface area (Å²) in [7, 11) is 2.99. The number of ether oxygens (including phenoxy) is 3. The van der Waals surface area contributed by atoms with Gasteiger partial charge in [-0.25, -0.2) is 29.5 Å². The molecule has 2 N–H and O–H groups in total. The number of nitrogens with zero attached hydrogens (tertiary/aromatic N) is 6. The van der Waals surface area contributed by atoms with Gasteiger partial charge in [0.1, 0.15) is 5.75 Å². The number of carbonyl (C=O) groups excluding carboxylic acids is 2. The second-order valence-electron chi connectivity index (χ2n) is 11.1. The minimum atomic E-state index is -0.646. The second-order valence-corrected chi connectivity index (χ2v) is 11.1. The predicted octanol–water partition coefficient (Wildman–Crippen LogP) is 5.79. The predicted molar refractivity (Wildman–Crippen MR) is 181 cm³/mol. The van der Waals surface area contributed by atoms with Crippen LogP contribution in [0.3, 0.4) is 0 Å². The van der Waals surface area contributed by atoms with Gasteiger partial charge >= 0.3 is 12.1 Å². The lowest BCUT2D eigenvalue weighted by Gasteiger charge is -2.36. The van der Waals surface area contributed by atoms with Crippen LogP contribution >= 0.6 is 0 Å². The van der Waals surface area contributed by atoms with E-state index in [9.17, 15) is 9.59 Å². The first-order chi connectivity index (χ1) is 22.5. The molecule has 0 aliphatic carbocycles. The number of para-hydroxylation sites is 1. The SMILES string of the molecule is COc1nc(C)c(C)nc1NC(=O)N1CCN(c2cc(C)cc(C)c2)CC1.COc1nc(C)c(C)nc1NC(=O)Oc1ccccc1. The number of rotatable bonds is 6. The minimum Gasteiger partial charge on any atom is -0.478 e. The molecule has 0 atom stereocenters. The van der Waals surface area contributed by atoms with Crippen molar-refractivity contribution in [3.05, 3.63) is 82.4 Å². The van der Waals surface area contributed by atoms with Crippen LogP contribution in [0.15, 0.2) is 48.5 Å². The molecule has 0 radical (unpaired) electrons. The fraction of sp³-hybridized carbons (Fsp3) is 0.353. The molecule has 13 heteroatoms. The van der Waals surface area contributed by atoms with E-state index in [1.165, 1.54) is 31.0 Å². The molecule has 3 heterocycles. The van der Waals surface area contributed by atoms with Crippen molar-refractivity contribution in [3.63, 3.8) is 0 Å². The Labute approximate surface area is 275 Å². The molecule has 4 aromatic rings. The number of carbonyl (C=O) groups is 2. The van der Waals surface area contributed by atoms with Crippen LogP contribution in [0.5, 0.6) is 17.5 Å². The molecule has 2 aromatic carbocycles. The number of benzene rings is 2. The summed E-state index contributed by atoms with van der Waals surface area (Å²) in [5, 5.41) is 5.36. The third-order valence-corrected chi connectivity index (χ3v) is 7.47. The fourth-order valence-electron chi connectivity index (χ4n) is 4.81. The summed E-state index contributed by atoms with van der Waals surface area (Å²) in [4.78, 5) is 45.7. The van der Waals surface area contributed by atoms with Crippen LogP contribution in [-0.4, -0.2) is 77.4 Å². The number of methoxy groups -OCH3 is 2. The van der Waals surface area contributed by atoms with Gasteiger partial charge in [0, 0.05) is 31.9 Å². The van der Waals surface area contributed by atoms with Crippen molar-refractivity contribution in [2.45, 2.75) is 41.5 Å². The zero-order valence-corrected chi connectivity index (χ0v) is 28.2. The van der Waals surface area contributed by atoms with Crippen LogP contribution in [0.25, 0.3) is 0 Å². The average Bonchev–Trinajstić information content (AvgIpc) is 3.04. The van der Waals surface area contributed by atoms with Crippen LogP contribution in [0.2, 0.25) is 0 Å². The number of aryl methyl sites for hydroxylation is 6. The van der Waals surface area contributed by atoms with Crippen molar-refractivity contribution in [3.8, 4) is 17.5 Å². The first-order valence-corrected chi connectivity index (χ1v) is 15.2. The molecule has 248 valence electrons. The number of piperazine rings is 1. The van der Waals surface area contributed by atoms with Crippen molar-refractivity contribution >= 4 is 29.4 Å². The van der Waals surface area contributed by atoms with E-state index in [1.807, 2.05) is 26.8 Å². The number of hydrogen-bond acceptors (Lipinski definition) is 10. The molecule has 0 spiro atoms. The molecule has 0 saturated carbocycles. The van der Waals surface area contributed by atoms with Gasteiger partial charge in [-0.2, -0.15) is 0 Å². The molecule has 1 saturated heterocycles. The lowest BCUT2D eigenvalue weighted by atomic mass is 10.1. The first kappa shape index (κ1) is 34.4. The standard InChI is InChI=1S/C20H27N5O2.C14H15N3O3/c1-13-10-14(2)12-17(11-13)24-6-8-25(9-7-24)20(26)23-18-19(27-5)22-16(4)15(3)21-18;1-9-10(2)16-13(19-3)12(15-9)17-14(18)20-11-7-5-4-6-8-11/h10-12H,6-9H2,1-5H3,(H,21,23,26);4-8H,1-3H3,(H,15,17,18). The molecular weight excluding hydrogens is 600 g/mol. The molecule has 1 fully saturated rings. The number of hydrogen-bond donors (Lipinski definition) is 2. The van der Waals surface area contributed by atoms with E-state index in [4.69, 9.17) is 14.2 Å². The van der Waals surface area contributed by atoms with Gasteiger partial charge in [0.05, 0.1) is 37.0 Å². The van der Waals surface area contributed by atoms with E-state index in [2.05, 4.69) is 67.5 Å². The highest BCUT2D eigenvalue weighted by Crippen LogP contribution is 2.24. The lowest BCUT2D eigenvalue weighted by molar-refractivity contribution is 0.208. The van der Waals surface area contributed by atoms with Gasteiger partial charge in [0.25, 0.3) is 11.8 Å². The maximum atomic E-state index is 12.7. The smallest absolute Gasteiger partial charge is 0.418 e. The zero-order valence-electron chi connectivity index (χ0n) is 28.2. The third-order valence-electron chi connectivity index (χ3n) is 7.47. The Morgan fingerprint density at radius 2 is 1.15 bits per heavy atom. The van der Waals surface area contributed by atoms with Crippen molar-refractivity contribution in [1.82, 2.24) is 24.8 Å². The molecular formula is C34H42N8O5. The molecule has 2 aromatic heterocycles. The van der Waals surface area contributed by atoms with Gasteiger partial charge < -0.3 is 24.0 Å². The molecule has 1 aliphatic rings. The summed E-state index contributed by atoms with van der Waals surface area (Å²) in [6, 6.07) is 15.1. The normalized spacial score (nSPS) is 12.4. The largest absolute Gasteiger partial charge is 0.478 e. The van der Waals surface area contributed by atoms with Crippen LogP contribution in [0.1, 0.15) is 33.9 Å². The Balaban J connectivity index is 0.000000223. The van der Waals surface area contributed by atoms with E-state index < -0.39 is 6.09 Å². The summed E-state index contributed by atoms with van der Waals surface area (Å²) >= 11 is 0. The van der Waals surface area contributed by atoms with Gasteiger partial charge in [-0.1, -0.05) is 24.3 Å². The summed E-state index contributed by atoms with van der Waals surface area (Å²) < 4.78 is 15.5. The summed E-state index contributed by atoms with van der Waals surface area (Å²) in [5.74, 6) is 1.62. The maximum Gasteiger partial charge on any atom is 0.418 e. The Bertz CT molecular complexity index is 1690. The zero-order chi connectivity index (χ0) is 34.1. The average molecular weight is 643 g/mol. The quantitative estimate of drug-likeness (QED) is 0.265. The fourth-order valence-corrected chi connectivity index (χ4v) is 4.81. The van der Waals surface area contributed by atoms with Crippen molar-refractivity contribution in [2.75, 3.05) is 55.9 Å². The van der Waals surface area contributed by atoms with Crippen LogP contribution < -0.4 is 29.7 Å². The minimum absolute atomic E-state index is 0.175. The molecule has 13 nitrogen and oxygen atoms in total. The van der Waals surface area contributed by atoms with Gasteiger partial charge in [-0.05, 0) is 76.9 Å². The molecule has 1 aliphatic heterocycles. The van der Waals surface area contributed by atoms with Gasteiger partial charge in [0.2, 0.25) is 0 Å². The van der Waals surface area contributed by atoms with E-state index in [1.54, 1.807) is 36.1 Å². The van der Waals surface area contributed by atoms with E-state index >= 15 is 0 Å². The van der Waals surface area contributed by atoms with Crippen molar-refractivity contribution in [2.24, 2.45) is 0 Å². The maximum absolute atomic E-state index is 12.7. The van der Waals surface area contributed by atoms with Crippen LogP contribution in [-0.2, 0) is 0 Å². The molecule has 5 rings (SSSR count). The Kier molecular flexibility index (Phi) is 11.5. The number of anilines is 3. The first-order valence-electron chi connectivity index (χ1n) is 15.2. The molecule has 0 bridgehead atoms. The van der Waals surface area contributed by atoms with Crippen LogP contribution in [0.4, 0.5) is 26.9 Å². The lowest BCUT2D eigenvalue weighted by Crippen LogP contribution is -2.50. The highest BCUT2D eigenvalue weighted by atomic mass is 16.6. The highest BCUT2D eigenvalue weighted by molar-refractivity contribution is 5.89. The molecule has 47 heavy (non-hydrogen) atoms.